The summed E-state index contributed by atoms with van der Waals surface area (Å²) < 4.78 is 19.0. The Labute approximate surface area is 116 Å². The minimum Gasteiger partial charge on any atom is -0.497 e. The zero-order chi connectivity index (χ0) is 13.8. The molecule has 2 nitrogen and oxygen atoms in total. The molecular formula is C15H12FNOS. The monoisotopic (exact) mass is 273 g/mol. The van der Waals surface area contributed by atoms with Crippen LogP contribution in [0.1, 0.15) is 5.56 Å². The molecule has 19 heavy (non-hydrogen) atoms. The summed E-state index contributed by atoms with van der Waals surface area (Å²) in [5.74, 6) is 0.367. The highest BCUT2D eigenvalue weighted by atomic mass is 32.1. The van der Waals surface area contributed by atoms with E-state index >= 15 is 0 Å². The third kappa shape index (κ3) is 2.87. The van der Waals surface area contributed by atoms with E-state index in [0.29, 0.717) is 0 Å². The molecule has 0 aromatic heterocycles. The van der Waals surface area contributed by atoms with Crippen molar-refractivity contribution in [2.45, 2.75) is 6.92 Å². The minimum atomic E-state index is -0.400. The normalized spacial score (nSPS) is 9.84. The molecule has 0 bridgehead atoms. The van der Waals surface area contributed by atoms with Crippen molar-refractivity contribution in [1.29, 1.82) is 0 Å². The van der Waals surface area contributed by atoms with Crippen LogP contribution in [0.5, 0.6) is 5.75 Å². The highest BCUT2D eigenvalue weighted by Crippen LogP contribution is 2.30. The molecule has 96 valence electrons. The van der Waals surface area contributed by atoms with Crippen LogP contribution in [0.15, 0.2) is 41.4 Å². The molecule has 0 fully saturated rings. The number of hydrogen-bond donors (Lipinski definition) is 0. The van der Waals surface area contributed by atoms with Gasteiger partial charge in [0.15, 0.2) is 5.82 Å². The van der Waals surface area contributed by atoms with Crippen molar-refractivity contribution in [1.82, 2.24) is 0 Å². The molecule has 0 amide bonds. The molecule has 0 saturated carbocycles. The number of rotatable bonds is 3. The molecule has 0 aliphatic rings. The van der Waals surface area contributed by atoms with E-state index in [9.17, 15) is 4.39 Å². The lowest BCUT2D eigenvalue weighted by atomic mass is 10.0. The first-order chi connectivity index (χ1) is 9.15. The van der Waals surface area contributed by atoms with E-state index in [0.717, 1.165) is 22.4 Å². The largest absolute Gasteiger partial charge is 0.497 e. The standard InChI is InChI=1S/C15H12FNOS/c1-10-7-12(8-14(16)15(10)17-9-19)11-3-5-13(18-2)6-4-11/h3-8H,1-2H3. The lowest BCUT2D eigenvalue weighted by molar-refractivity contribution is 0.415. The van der Waals surface area contributed by atoms with Gasteiger partial charge in [-0.25, -0.2) is 4.39 Å². The van der Waals surface area contributed by atoms with Crippen LogP contribution in [0.3, 0.4) is 0 Å². The van der Waals surface area contributed by atoms with Crippen LogP contribution in [-0.2, 0) is 0 Å². The quantitative estimate of drug-likeness (QED) is 0.604. The average Bonchev–Trinajstić information content (AvgIpc) is 2.43. The highest BCUT2D eigenvalue weighted by Gasteiger charge is 2.08. The van der Waals surface area contributed by atoms with Crippen molar-refractivity contribution in [2.75, 3.05) is 7.11 Å². The fourth-order valence-electron chi connectivity index (χ4n) is 1.87. The van der Waals surface area contributed by atoms with E-state index in [-0.39, 0.29) is 5.69 Å². The predicted molar refractivity (Wildman–Crippen MR) is 77.8 cm³/mol. The summed E-state index contributed by atoms with van der Waals surface area (Å²) in [5, 5.41) is 2.19. The van der Waals surface area contributed by atoms with Crippen LogP contribution in [0.4, 0.5) is 10.1 Å². The molecule has 2 rings (SSSR count). The fraction of sp³-hybridized carbons (Fsp3) is 0.133. The molecule has 0 N–H and O–H groups in total. The van der Waals surface area contributed by atoms with Crippen molar-refractivity contribution >= 4 is 23.1 Å². The first-order valence-corrected chi connectivity index (χ1v) is 6.09. The van der Waals surface area contributed by atoms with Gasteiger partial charge in [-0.3, -0.25) is 0 Å². The molecule has 2 aromatic carbocycles. The van der Waals surface area contributed by atoms with Crippen molar-refractivity contribution in [3.8, 4) is 16.9 Å². The van der Waals surface area contributed by atoms with Gasteiger partial charge in [-0.2, -0.15) is 4.99 Å². The number of methoxy groups -OCH3 is 1. The number of isothiocyanates is 1. The van der Waals surface area contributed by atoms with Gasteiger partial charge in [-0.15, -0.1) is 0 Å². The lowest BCUT2D eigenvalue weighted by Gasteiger charge is -2.07. The summed E-state index contributed by atoms with van der Waals surface area (Å²) in [4.78, 5) is 3.74. The van der Waals surface area contributed by atoms with Gasteiger partial charge in [-0.05, 0) is 60.1 Å². The molecule has 0 atom stereocenters. The number of aryl methyl sites for hydroxylation is 1. The Balaban J connectivity index is 2.48. The Morgan fingerprint density at radius 1 is 1.16 bits per heavy atom. The van der Waals surface area contributed by atoms with E-state index in [2.05, 4.69) is 22.4 Å². The first kappa shape index (κ1) is 13.4. The molecule has 0 saturated heterocycles. The maximum atomic E-state index is 13.9. The second-order valence-corrected chi connectivity index (χ2v) is 4.24. The number of hydrogen-bond acceptors (Lipinski definition) is 3. The Hall–Kier alpha value is -2.03. The molecule has 4 heteroatoms. The Bertz CT molecular complexity index is 623. The Morgan fingerprint density at radius 3 is 2.37 bits per heavy atom. The Morgan fingerprint density at radius 2 is 1.84 bits per heavy atom. The van der Waals surface area contributed by atoms with Crippen molar-refractivity contribution in [2.24, 2.45) is 4.99 Å². The van der Waals surface area contributed by atoms with Gasteiger partial charge in [0.1, 0.15) is 11.4 Å². The van der Waals surface area contributed by atoms with Crippen LogP contribution in [0, 0.1) is 12.7 Å². The molecule has 0 aliphatic heterocycles. The van der Waals surface area contributed by atoms with Crippen LogP contribution in [-0.4, -0.2) is 12.3 Å². The van der Waals surface area contributed by atoms with Crippen molar-refractivity contribution in [3.05, 3.63) is 47.8 Å². The summed E-state index contributed by atoms with van der Waals surface area (Å²) in [6.07, 6.45) is 0. The third-order valence-electron chi connectivity index (χ3n) is 2.83. The van der Waals surface area contributed by atoms with E-state index in [1.165, 1.54) is 6.07 Å². The van der Waals surface area contributed by atoms with Crippen LogP contribution < -0.4 is 4.74 Å². The molecule has 0 radical (unpaired) electrons. The fourth-order valence-corrected chi connectivity index (χ4v) is 1.97. The minimum absolute atomic E-state index is 0.243. The average molecular weight is 273 g/mol. The third-order valence-corrected chi connectivity index (χ3v) is 2.93. The van der Waals surface area contributed by atoms with Crippen LogP contribution in [0.2, 0.25) is 0 Å². The second kappa shape index (κ2) is 5.74. The molecule has 0 aliphatic carbocycles. The molecule has 2 aromatic rings. The van der Waals surface area contributed by atoms with Gasteiger partial charge in [-0.1, -0.05) is 12.1 Å². The topological polar surface area (TPSA) is 21.6 Å². The highest BCUT2D eigenvalue weighted by molar-refractivity contribution is 7.78. The van der Waals surface area contributed by atoms with E-state index in [1.807, 2.05) is 30.3 Å². The zero-order valence-electron chi connectivity index (χ0n) is 10.6. The number of benzene rings is 2. The number of thiocarbonyl (C=S) groups is 1. The van der Waals surface area contributed by atoms with Gasteiger partial charge in [0.25, 0.3) is 0 Å². The summed E-state index contributed by atoms with van der Waals surface area (Å²) in [7, 11) is 1.61. The second-order valence-electron chi connectivity index (χ2n) is 4.06. The smallest absolute Gasteiger partial charge is 0.150 e. The van der Waals surface area contributed by atoms with Gasteiger partial charge in [0, 0.05) is 0 Å². The summed E-state index contributed by atoms with van der Waals surface area (Å²) >= 11 is 4.51. The van der Waals surface area contributed by atoms with E-state index in [1.54, 1.807) is 14.0 Å². The predicted octanol–water partition coefficient (Wildman–Crippen LogP) is 4.54. The molecule has 0 unspecified atom stereocenters. The maximum absolute atomic E-state index is 13.9. The van der Waals surface area contributed by atoms with Crippen LogP contribution in [0.25, 0.3) is 11.1 Å². The van der Waals surface area contributed by atoms with Crippen molar-refractivity contribution < 1.29 is 9.13 Å². The van der Waals surface area contributed by atoms with E-state index in [4.69, 9.17) is 4.74 Å². The summed E-state index contributed by atoms with van der Waals surface area (Å²) in [6, 6.07) is 10.8. The van der Waals surface area contributed by atoms with Gasteiger partial charge >= 0.3 is 0 Å². The summed E-state index contributed by atoms with van der Waals surface area (Å²) in [6.45, 7) is 1.79. The first-order valence-electron chi connectivity index (χ1n) is 5.68. The number of halogens is 1. The van der Waals surface area contributed by atoms with Crippen LogP contribution >= 0.6 is 12.2 Å². The van der Waals surface area contributed by atoms with Gasteiger partial charge in [0.2, 0.25) is 0 Å². The Kier molecular flexibility index (Phi) is 4.05. The molecular weight excluding hydrogens is 261 g/mol. The molecule has 0 spiro atoms. The van der Waals surface area contributed by atoms with Gasteiger partial charge in [0.05, 0.1) is 12.3 Å². The number of ether oxygens (including phenoxy) is 1. The maximum Gasteiger partial charge on any atom is 0.150 e. The molecule has 0 heterocycles. The SMILES string of the molecule is COc1ccc(-c2cc(C)c(N=C=S)c(F)c2)cc1. The zero-order valence-corrected chi connectivity index (χ0v) is 11.4. The number of aliphatic imine (C=N–C) groups is 1. The number of nitrogens with zero attached hydrogens (tertiary/aromatic N) is 1. The van der Waals surface area contributed by atoms with Crippen molar-refractivity contribution in [3.63, 3.8) is 0 Å². The van der Waals surface area contributed by atoms with E-state index < -0.39 is 5.82 Å². The lowest BCUT2D eigenvalue weighted by Crippen LogP contribution is -1.87. The summed E-state index contributed by atoms with van der Waals surface area (Å²) in [5.41, 5.74) is 2.68. The van der Waals surface area contributed by atoms with Gasteiger partial charge < -0.3 is 4.74 Å².